The third-order valence-corrected chi connectivity index (χ3v) is 5.67. The minimum absolute atomic E-state index is 0.0247. The maximum absolute atomic E-state index is 13.1. The number of halogens is 1. The van der Waals surface area contributed by atoms with E-state index in [1.807, 2.05) is 30.3 Å². The molecule has 0 aromatic heterocycles. The Labute approximate surface area is 190 Å². The first-order valence-electron chi connectivity index (χ1n) is 11.3. The van der Waals surface area contributed by atoms with Crippen LogP contribution in [0.25, 0.3) is 0 Å². The first-order valence-corrected chi connectivity index (χ1v) is 11.3. The van der Waals surface area contributed by atoms with Crippen LogP contribution in [0.4, 0.5) is 4.39 Å². The highest BCUT2D eigenvalue weighted by Gasteiger charge is 2.20. The van der Waals surface area contributed by atoms with Gasteiger partial charge in [-0.2, -0.15) is 0 Å². The van der Waals surface area contributed by atoms with Gasteiger partial charge in [-0.25, -0.2) is 9.38 Å². The molecule has 0 bridgehead atoms. The summed E-state index contributed by atoms with van der Waals surface area (Å²) in [6, 6.07) is 17.3. The first kappa shape index (κ1) is 23.7. The van der Waals surface area contributed by atoms with Crippen LogP contribution in [0.5, 0.6) is 0 Å². The minimum Gasteiger partial charge on any atom is -0.356 e. The van der Waals surface area contributed by atoms with Crippen molar-refractivity contribution in [1.82, 2.24) is 20.4 Å². The SMILES string of the molecule is CN(C)C(=O)CN=C(NCCc1ccccc1)NC1CCN(Cc2ccc(F)cc2)CC1. The van der Waals surface area contributed by atoms with Crippen molar-refractivity contribution in [1.29, 1.82) is 0 Å². The van der Waals surface area contributed by atoms with Gasteiger partial charge < -0.3 is 15.5 Å². The highest BCUT2D eigenvalue weighted by Crippen LogP contribution is 2.14. The summed E-state index contributed by atoms with van der Waals surface area (Å²) in [6.45, 7) is 3.62. The van der Waals surface area contributed by atoms with Crippen LogP contribution in [0.15, 0.2) is 59.6 Å². The Morgan fingerprint density at radius 2 is 1.75 bits per heavy atom. The maximum Gasteiger partial charge on any atom is 0.243 e. The third kappa shape index (κ3) is 7.96. The summed E-state index contributed by atoms with van der Waals surface area (Å²) in [5.41, 5.74) is 2.39. The quantitative estimate of drug-likeness (QED) is 0.491. The lowest BCUT2D eigenvalue weighted by molar-refractivity contribution is -0.127. The van der Waals surface area contributed by atoms with Crippen molar-refractivity contribution in [3.05, 3.63) is 71.5 Å². The predicted octanol–water partition coefficient (Wildman–Crippen LogP) is 2.66. The van der Waals surface area contributed by atoms with Crippen LogP contribution in [-0.2, 0) is 17.8 Å². The zero-order chi connectivity index (χ0) is 22.8. The van der Waals surface area contributed by atoms with Gasteiger partial charge in [-0.15, -0.1) is 0 Å². The molecule has 172 valence electrons. The molecule has 1 heterocycles. The second kappa shape index (κ2) is 12.2. The average Bonchev–Trinajstić information content (AvgIpc) is 2.80. The standard InChI is InChI=1S/C25H34FN5O/c1-30(2)24(32)18-28-25(27-15-12-20-6-4-3-5-7-20)29-23-13-16-31(17-14-23)19-21-8-10-22(26)11-9-21/h3-11,23H,12-19H2,1-2H3,(H2,27,28,29). The molecule has 0 radical (unpaired) electrons. The van der Waals surface area contributed by atoms with E-state index in [-0.39, 0.29) is 18.3 Å². The summed E-state index contributed by atoms with van der Waals surface area (Å²) in [5.74, 6) is 0.465. The van der Waals surface area contributed by atoms with Crippen LogP contribution in [0.1, 0.15) is 24.0 Å². The van der Waals surface area contributed by atoms with Gasteiger partial charge in [-0.3, -0.25) is 9.69 Å². The Morgan fingerprint density at radius 3 is 2.41 bits per heavy atom. The smallest absolute Gasteiger partial charge is 0.243 e. The highest BCUT2D eigenvalue weighted by molar-refractivity contribution is 5.84. The fourth-order valence-electron chi connectivity index (χ4n) is 3.69. The minimum atomic E-state index is -0.198. The van der Waals surface area contributed by atoms with Crippen molar-refractivity contribution in [2.24, 2.45) is 4.99 Å². The van der Waals surface area contributed by atoms with Gasteiger partial charge in [0.25, 0.3) is 0 Å². The number of rotatable bonds is 8. The fraction of sp³-hybridized carbons (Fsp3) is 0.440. The van der Waals surface area contributed by atoms with Crippen molar-refractivity contribution in [3.63, 3.8) is 0 Å². The van der Waals surface area contributed by atoms with E-state index in [0.717, 1.165) is 51.0 Å². The predicted molar refractivity (Wildman–Crippen MR) is 127 cm³/mol. The number of piperidine rings is 1. The van der Waals surface area contributed by atoms with Crippen LogP contribution < -0.4 is 10.6 Å². The van der Waals surface area contributed by atoms with Crippen molar-refractivity contribution < 1.29 is 9.18 Å². The lowest BCUT2D eigenvalue weighted by atomic mass is 10.0. The molecule has 0 spiro atoms. The van der Waals surface area contributed by atoms with E-state index < -0.39 is 0 Å². The van der Waals surface area contributed by atoms with Crippen molar-refractivity contribution in [3.8, 4) is 0 Å². The zero-order valence-electron chi connectivity index (χ0n) is 19.1. The van der Waals surface area contributed by atoms with Gasteiger partial charge in [0.15, 0.2) is 5.96 Å². The molecular formula is C25H34FN5O. The lowest BCUT2D eigenvalue weighted by Gasteiger charge is -2.33. The number of carbonyl (C=O) groups is 1. The van der Waals surface area contributed by atoms with E-state index >= 15 is 0 Å². The summed E-state index contributed by atoms with van der Waals surface area (Å²) >= 11 is 0. The molecule has 1 amide bonds. The van der Waals surface area contributed by atoms with Crippen LogP contribution in [0.3, 0.4) is 0 Å². The van der Waals surface area contributed by atoms with Gasteiger partial charge in [0.05, 0.1) is 0 Å². The number of nitrogens with one attached hydrogen (secondary N) is 2. The number of carbonyl (C=O) groups excluding carboxylic acids is 1. The lowest BCUT2D eigenvalue weighted by Crippen LogP contribution is -2.49. The molecule has 1 aliphatic heterocycles. The van der Waals surface area contributed by atoms with Crippen LogP contribution >= 0.6 is 0 Å². The summed E-state index contributed by atoms with van der Waals surface area (Å²) in [6.07, 6.45) is 2.86. The second-order valence-corrected chi connectivity index (χ2v) is 8.44. The topological polar surface area (TPSA) is 60.0 Å². The fourth-order valence-corrected chi connectivity index (χ4v) is 3.69. The average molecular weight is 440 g/mol. The molecule has 1 aliphatic rings. The summed E-state index contributed by atoms with van der Waals surface area (Å²) in [4.78, 5) is 20.5. The monoisotopic (exact) mass is 439 g/mol. The molecule has 2 aromatic carbocycles. The van der Waals surface area contributed by atoms with Crippen LogP contribution in [0.2, 0.25) is 0 Å². The van der Waals surface area contributed by atoms with Gasteiger partial charge in [0, 0.05) is 46.3 Å². The van der Waals surface area contributed by atoms with E-state index in [9.17, 15) is 9.18 Å². The number of benzene rings is 2. The second-order valence-electron chi connectivity index (χ2n) is 8.44. The number of guanidine groups is 1. The van der Waals surface area contributed by atoms with Gasteiger partial charge in [0.2, 0.25) is 5.91 Å². The molecule has 3 rings (SSSR count). The van der Waals surface area contributed by atoms with Crippen LogP contribution in [0, 0.1) is 5.82 Å². The molecule has 7 heteroatoms. The Hall–Kier alpha value is -2.93. The van der Waals surface area contributed by atoms with Crippen molar-refractivity contribution in [2.45, 2.75) is 31.8 Å². The first-order chi connectivity index (χ1) is 15.5. The third-order valence-electron chi connectivity index (χ3n) is 5.67. The molecule has 32 heavy (non-hydrogen) atoms. The highest BCUT2D eigenvalue weighted by atomic mass is 19.1. The number of nitrogens with zero attached hydrogens (tertiary/aromatic N) is 3. The summed E-state index contributed by atoms with van der Waals surface area (Å²) in [5, 5.41) is 6.91. The number of hydrogen-bond acceptors (Lipinski definition) is 3. The Bertz CT molecular complexity index is 862. The maximum atomic E-state index is 13.1. The summed E-state index contributed by atoms with van der Waals surface area (Å²) in [7, 11) is 3.48. The van der Waals surface area contributed by atoms with Crippen LogP contribution in [-0.4, -0.2) is 68.0 Å². The molecule has 0 unspecified atom stereocenters. The van der Waals surface area contributed by atoms with E-state index in [4.69, 9.17) is 0 Å². The van der Waals surface area contributed by atoms with Crippen molar-refractivity contribution >= 4 is 11.9 Å². The molecule has 1 fully saturated rings. The summed E-state index contributed by atoms with van der Waals surface area (Å²) < 4.78 is 13.1. The number of likely N-dealkylation sites (N-methyl/N-ethyl adjacent to an activating group) is 1. The normalized spacial score (nSPS) is 15.4. The Balaban J connectivity index is 1.50. The number of aliphatic imine (C=N–C) groups is 1. The van der Waals surface area contributed by atoms with Crippen molar-refractivity contribution in [2.75, 3.05) is 40.3 Å². The molecule has 2 aromatic rings. The van der Waals surface area contributed by atoms with Gasteiger partial charge in [-0.05, 0) is 42.5 Å². The number of hydrogen-bond donors (Lipinski definition) is 2. The van der Waals surface area contributed by atoms with Gasteiger partial charge in [-0.1, -0.05) is 42.5 Å². The molecule has 0 aliphatic carbocycles. The van der Waals surface area contributed by atoms with E-state index in [1.165, 1.54) is 17.7 Å². The molecule has 0 saturated carbocycles. The zero-order valence-corrected chi connectivity index (χ0v) is 19.1. The molecule has 2 N–H and O–H groups in total. The Kier molecular flexibility index (Phi) is 9.04. The van der Waals surface area contributed by atoms with Gasteiger partial charge >= 0.3 is 0 Å². The van der Waals surface area contributed by atoms with E-state index in [1.54, 1.807) is 19.0 Å². The Morgan fingerprint density at radius 1 is 1.06 bits per heavy atom. The van der Waals surface area contributed by atoms with Gasteiger partial charge in [0.1, 0.15) is 12.4 Å². The molecule has 0 atom stereocenters. The molecule has 1 saturated heterocycles. The van der Waals surface area contributed by atoms with E-state index in [2.05, 4.69) is 32.7 Å². The van der Waals surface area contributed by atoms with E-state index in [0.29, 0.717) is 12.0 Å². The largest absolute Gasteiger partial charge is 0.356 e. The molecule has 6 nitrogen and oxygen atoms in total. The number of amides is 1. The number of likely N-dealkylation sites (tertiary alicyclic amines) is 1. The molecular weight excluding hydrogens is 405 g/mol.